The van der Waals surface area contributed by atoms with E-state index in [1.54, 1.807) is 30.6 Å². The average Bonchev–Trinajstić information content (AvgIpc) is 2.30. The second-order valence-electron chi connectivity index (χ2n) is 2.87. The smallest absolute Gasteiger partial charge is 0.122 e. The quantitative estimate of drug-likeness (QED) is 0.768. The maximum absolute atomic E-state index is 9.88. The Bertz CT molecular complexity index is 349. The molecule has 0 saturated heterocycles. The summed E-state index contributed by atoms with van der Waals surface area (Å²) in [4.78, 5) is 7.96. The molecular formula is C11H9N2O. The third-order valence-electron chi connectivity index (χ3n) is 1.92. The molecule has 0 amide bonds. The van der Waals surface area contributed by atoms with Crippen molar-refractivity contribution < 1.29 is 5.11 Å². The number of aliphatic hydroxyl groups excluding tert-OH is 1. The van der Waals surface area contributed by atoms with Gasteiger partial charge in [-0.3, -0.25) is 9.97 Å². The first-order valence-electron chi connectivity index (χ1n) is 4.28. The highest BCUT2D eigenvalue weighted by Gasteiger charge is 2.10. The highest BCUT2D eigenvalue weighted by Crippen LogP contribution is 2.17. The van der Waals surface area contributed by atoms with Crippen LogP contribution >= 0.6 is 0 Å². The number of aliphatic hydroxyl groups is 1. The molecule has 2 aromatic rings. The van der Waals surface area contributed by atoms with E-state index in [-0.39, 0.29) is 0 Å². The van der Waals surface area contributed by atoms with Crippen LogP contribution in [0.1, 0.15) is 17.4 Å². The summed E-state index contributed by atoms with van der Waals surface area (Å²) < 4.78 is 0. The van der Waals surface area contributed by atoms with Crippen LogP contribution in [-0.4, -0.2) is 15.1 Å². The zero-order valence-electron chi connectivity index (χ0n) is 7.46. The van der Waals surface area contributed by atoms with Gasteiger partial charge >= 0.3 is 0 Å². The molecule has 1 atom stereocenters. The first-order chi connectivity index (χ1) is 6.88. The zero-order chi connectivity index (χ0) is 9.80. The lowest BCUT2D eigenvalue weighted by molar-refractivity contribution is 0.215. The Balaban J connectivity index is 2.30. The van der Waals surface area contributed by atoms with Gasteiger partial charge in [0.2, 0.25) is 0 Å². The van der Waals surface area contributed by atoms with Crippen molar-refractivity contribution in [2.75, 3.05) is 0 Å². The summed E-state index contributed by atoms with van der Waals surface area (Å²) in [6.45, 7) is 0. The summed E-state index contributed by atoms with van der Waals surface area (Å²) in [6.07, 6.45) is 4.12. The maximum atomic E-state index is 9.88. The molecule has 2 heterocycles. The molecular weight excluding hydrogens is 176 g/mol. The van der Waals surface area contributed by atoms with Gasteiger partial charge in [-0.2, -0.15) is 0 Å². The third-order valence-corrected chi connectivity index (χ3v) is 1.92. The fraction of sp³-hybridized carbons (Fsp3) is 0.0909. The van der Waals surface area contributed by atoms with Gasteiger partial charge in [0.25, 0.3) is 0 Å². The normalized spacial score (nSPS) is 12.4. The molecule has 0 aliphatic carbocycles. The second-order valence-corrected chi connectivity index (χ2v) is 2.87. The van der Waals surface area contributed by atoms with Gasteiger partial charge in [-0.15, -0.1) is 0 Å². The van der Waals surface area contributed by atoms with E-state index in [4.69, 9.17) is 0 Å². The van der Waals surface area contributed by atoms with Crippen molar-refractivity contribution >= 4 is 0 Å². The Morgan fingerprint density at radius 3 is 2.93 bits per heavy atom. The van der Waals surface area contributed by atoms with E-state index in [1.807, 2.05) is 6.07 Å². The molecule has 0 aliphatic heterocycles. The van der Waals surface area contributed by atoms with Crippen molar-refractivity contribution in [3.63, 3.8) is 0 Å². The molecule has 1 radical (unpaired) electrons. The van der Waals surface area contributed by atoms with Gasteiger partial charge in [0.15, 0.2) is 0 Å². The summed E-state index contributed by atoms with van der Waals surface area (Å²) >= 11 is 0. The molecule has 2 rings (SSSR count). The summed E-state index contributed by atoms with van der Waals surface area (Å²) in [7, 11) is 0. The lowest BCUT2D eigenvalue weighted by Crippen LogP contribution is -2.01. The molecule has 0 saturated carbocycles. The summed E-state index contributed by atoms with van der Waals surface area (Å²) in [5.74, 6) is 0. The molecule has 69 valence electrons. The van der Waals surface area contributed by atoms with Gasteiger partial charge in [0.1, 0.15) is 6.10 Å². The Morgan fingerprint density at radius 2 is 2.29 bits per heavy atom. The van der Waals surface area contributed by atoms with Gasteiger partial charge in [-0.25, -0.2) is 0 Å². The Hall–Kier alpha value is -1.74. The number of pyridine rings is 2. The van der Waals surface area contributed by atoms with Crippen molar-refractivity contribution in [3.8, 4) is 0 Å². The molecule has 0 bridgehead atoms. The topological polar surface area (TPSA) is 46.0 Å². The van der Waals surface area contributed by atoms with Gasteiger partial charge < -0.3 is 5.11 Å². The number of rotatable bonds is 2. The lowest BCUT2D eigenvalue weighted by Gasteiger charge is -2.08. The van der Waals surface area contributed by atoms with Crippen LogP contribution in [0.15, 0.2) is 42.9 Å². The van der Waals surface area contributed by atoms with Crippen LogP contribution in [0.4, 0.5) is 0 Å². The molecule has 2 aromatic heterocycles. The van der Waals surface area contributed by atoms with Crippen molar-refractivity contribution in [1.29, 1.82) is 0 Å². The molecule has 14 heavy (non-hydrogen) atoms. The standard InChI is InChI=1S/C11H9N2O/c14-11(9-4-3-6-12-8-9)10-5-1-2-7-13-10/h1,3-8,11,14H. The van der Waals surface area contributed by atoms with Crippen molar-refractivity contribution in [2.45, 2.75) is 6.10 Å². The molecule has 1 N–H and O–H groups in total. The van der Waals surface area contributed by atoms with E-state index in [2.05, 4.69) is 16.0 Å². The molecule has 0 aliphatic rings. The molecule has 1 unspecified atom stereocenters. The molecule has 0 aromatic carbocycles. The minimum absolute atomic E-state index is 0.608. The van der Waals surface area contributed by atoms with Crippen LogP contribution in [0, 0.1) is 6.07 Å². The minimum Gasteiger partial charge on any atom is -0.382 e. The molecule has 0 spiro atoms. The van der Waals surface area contributed by atoms with Gasteiger partial charge in [0, 0.05) is 30.2 Å². The van der Waals surface area contributed by atoms with E-state index in [9.17, 15) is 5.11 Å². The first-order valence-corrected chi connectivity index (χ1v) is 4.28. The highest BCUT2D eigenvalue weighted by atomic mass is 16.3. The fourth-order valence-electron chi connectivity index (χ4n) is 1.20. The molecule has 0 fully saturated rings. The van der Waals surface area contributed by atoms with Gasteiger partial charge in [-0.1, -0.05) is 12.1 Å². The number of hydrogen-bond acceptors (Lipinski definition) is 3. The van der Waals surface area contributed by atoms with Crippen molar-refractivity contribution in [2.24, 2.45) is 0 Å². The second kappa shape index (κ2) is 3.98. The maximum Gasteiger partial charge on any atom is 0.122 e. The van der Waals surface area contributed by atoms with Gasteiger partial charge in [0.05, 0.1) is 5.69 Å². The first kappa shape index (κ1) is 8.84. The monoisotopic (exact) mass is 185 g/mol. The largest absolute Gasteiger partial charge is 0.382 e. The summed E-state index contributed by atoms with van der Waals surface area (Å²) in [5.41, 5.74) is 1.35. The highest BCUT2D eigenvalue weighted by molar-refractivity contribution is 5.21. The number of aromatic nitrogens is 2. The van der Waals surface area contributed by atoms with E-state index >= 15 is 0 Å². The van der Waals surface area contributed by atoms with E-state index < -0.39 is 6.10 Å². The average molecular weight is 185 g/mol. The SMILES string of the molecule is OC(c1cccnc1)c1cc[c]cn1. The number of hydrogen-bond donors (Lipinski definition) is 1. The molecule has 3 nitrogen and oxygen atoms in total. The van der Waals surface area contributed by atoms with Crippen LogP contribution < -0.4 is 0 Å². The van der Waals surface area contributed by atoms with Crippen molar-refractivity contribution in [1.82, 2.24) is 9.97 Å². The van der Waals surface area contributed by atoms with E-state index in [0.29, 0.717) is 5.69 Å². The number of nitrogens with zero attached hydrogens (tertiary/aromatic N) is 2. The third kappa shape index (κ3) is 1.78. The molecule has 3 heteroatoms. The van der Waals surface area contributed by atoms with Crippen LogP contribution in [0.25, 0.3) is 0 Å². The van der Waals surface area contributed by atoms with Crippen molar-refractivity contribution in [3.05, 3.63) is 60.2 Å². The zero-order valence-corrected chi connectivity index (χ0v) is 7.46. The van der Waals surface area contributed by atoms with E-state index in [0.717, 1.165) is 5.56 Å². The van der Waals surface area contributed by atoms with Gasteiger partial charge in [-0.05, 0) is 12.1 Å². The Kier molecular flexibility index (Phi) is 2.51. The Labute approximate surface area is 82.1 Å². The van der Waals surface area contributed by atoms with Crippen LogP contribution in [-0.2, 0) is 0 Å². The summed E-state index contributed by atoms with van der Waals surface area (Å²) in [5, 5.41) is 9.88. The predicted octanol–water partition coefficient (Wildman–Crippen LogP) is 1.36. The predicted molar refractivity (Wildman–Crippen MR) is 51.4 cm³/mol. The van der Waals surface area contributed by atoms with Crippen LogP contribution in [0.5, 0.6) is 0 Å². The van der Waals surface area contributed by atoms with Crippen LogP contribution in [0.2, 0.25) is 0 Å². The van der Waals surface area contributed by atoms with Crippen LogP contribution in [0.3, 0.4) is 0 Å². The lowest BCUT2D eigenvalue weighted by atomic mass is 10.1. The summed E-state index contributed by atoms with van der Waals surface area (Å²) in [6, 6.07) is 9.86. The minimum atomic E-state index is -0.710. The van der Waals surface area contributed by atoms with E-state index in [1.165, 1.54) is 6.20 Å². The Morgan fingerprint density at radius 1 is 1.36 bits per heavy atom. The fourth-order valence-corrected chi connectivity index (χ4v) is 1.20.